The van der Waals surface area contributed by atoms with E-state index in [0.29, 0.717) is 13.0 Å². The van der Waals surface area contributed by atoms with Gasteiger partial charge >= 0.3 is 0 Å². The molecule has 2 aromatic rings. The number of nitrogens with one attached hydrogen (secondary N) is 1. The second kappa shape index (κ2) is 5.89. The Balaban J connectivity index is 1.93. The topological polar surface area (TPSA) is 45.4 Å². The molecule has 1 heterocycles. The maximum Gasteiger partial charge on any atom is 0.136 e. The predicted octanol–water partition coefficient (Wildman–Crippen LogP) is 3.19. The van der Waals surface area contributed by atoms with Crippen LogP contribution in [0.25, 0.3) is 0 Å². The summed E-state index contributed by atoms with van der Waals surface area (Å²) < 4.78 is 6.28. The Hall–Kier alpha value is -1.26. The van der Waals surface area contributed by atoms with Crippen molar-refractivity contribution < 1.29 is 9.52 Å². The first-order chi connectivity index (χ1) is 8.29. The number of aliphatic hydroxyl groups excluding tert-OH is 1. The van der Waals surface area contributed by atoms with Gasteiger partial charge in [0, 0.05) is 12.3 Å². The monoisotopic (exact) mass is 295 g/mol. The Morgan fingerprint density at radius 3 is 2.53 bits per heavy atom. The predicted molar refractivity (Wildman–Crippen MR) is 71.0 cm³/mol. The maximum atomic E-state index is 8.81. The molecule has 0 saturated heterocycles. The Morgan fingerprint density at radius 2 is 1.94 bits per heavy atom. The molecular formula is C13H14BrNO2. The van der Waals surface area contributed by atoms with Gasteiger partial charge in [0.2, 0.25) is 0 Å². The van der Waals surface area contributed by atoms with Crippen molar-refractivity contribution in [2.45, 2.75) is 13.0 Å². The fourth-order valence-corrected chi connectivity index (χ4v) is 1.89. The summed E-state index contributed by atoms with van der Waals surface area (Å²) in [6, 6.07) is 9.90. The van der Waals surface area contributed by atoms with E-state index in [1.807, 2.05) is 30.3 Å². The maximum absolute atomic E-state index is 8.81. The highest BCUT2D eigenvalue weighted by atomic mass is 79.9. The van der Waals surface area contributed by atoms with E-state index in [-0.39, 0.29) is 6.61 Å². The van der Waals surface area contributed by atoms with Gasteiger partial charge in [-0.25, -0.2) is 0 Å². The summed E-state index contributed by atoms with van der Waals surface area (Å²) in [5.41, 5.74) is 2.17. The molecule has 0 aliphatic carbocycles. The van der Waals surface area contributed by atoms with Crippen molar-refractivity contribution in [3.8, 4) is 0 Å². The Morgan fingerprint density at radius 1 is 1.18 bits per heavy atom. The minimum absolute atomic E-state index is 0.187. The van der Waals surface area contributed by atoms with Gasteiger partial charge in [-0.05, 0) is 46.1 Å². The van der Waals surface area contributed by atoms with Crippen LogP contribution in [0.4, 0.5) is 5.69 Å². The molecule has 0 atom stereocenters. The van der Waals surface area contributed by atoms with Crippen molar-refractivity contribution in [2.24, 2.45) is 0 Å². The number of hydrogen-bond acceptors (Lipinski definition) is 3. The lowest BCUT2D eigenvalue weighted by Gasteiger charge is -2.06. The number of halogens is 1. The highest BCUT2D eigenvalue weighted by Crippen LogP contribution is 2.19. The third-order valence-electron chi connectivity index (χ3n) is 2.50. The first-order valence-electron chi connectivity index (χ1n) is 5.45. The molecule has 0 saturated carbocycles. The van der Waals surface area contributed by atoms with E-state index >= 15 is 0 Å². The van der Waals surface area contributed by atoms with Crippen LogP contribution in [0.15, 0.2) is 45.5 Å². The largest absolute Gasteiger partial charge is 0.466 e. The van der Waals surface area contributed by atoms with Crippen LogP contribution in [0, 0.1) is 0 Å². The van der Waals surface area contributed by atoms with Gasteiger partial charge in [-0.3, -0.25) is 0 Å². The molecule has 3 nitrogen and oxygen atoms in total. The third-order valence-corrected chi connectivity index (χ3v) is 3.21. The number of furan rings is 1. The summed E-state index contributed by atoms with van der Waals surface area (Å²) in [5.74, 6) is 0.879. The van der Waals surface area contributed by atoms with Crippen LogP contribution in [-0.2, 0) is 13.0 Å². The number of benzene rings is 1. The van der Waals surface area contributed by atoms with Gasteiger partial charge < -0.3 is 14.8 Å². The van der Waals surface area contributed by atoms with Crippen LogP contribution in [0.2, 0.25) is 0 Å². The quantitative estimate of drug-likeness (QED) is 0.890. The minimum Gasteiger partial charge on any atom is -0.466 e. The highest BCUT2D eigenvalue weighted by molar-refractivity contribution is 9.10. The van der Waals surface area contributed by atoms with E-state index in [2.05, 4.69) is 21.2 Å². The van der Waals surface area contributed by atoms with E-state index in [9.17, 15) is 0 Å². The molecule has 2 N–H and O–H groups in total. The average molecular weight is 296 g/mol. The molecule has 90 valence electrons. The van der Waals surface area contributed by atoms with Gasteiger partial charge in [-0.15, -0.1) is 0 Å². The van der Waals surface area contributed by atoms with Gasteiger partial charge in [0.05, 0.1) is 17.3 Å². The Labute approximate surface area is 109 Å². The second-order valence-corrected chi connectivity index (χ2v) is 4.57. The lowest BCUT2D eigenvalue weighted by Crippen LogP contribution is -1.99. The normalized spacial score (nSPS) is 10.5. The molecule has 0 spiro atoms. The smallest absolute Gasteiger partial charge is 0.136 e. The van der Waals surface area contributed by atoms with Gasteiger partial charge in [0.15, 0.2) is 0 Å². The summed E-state index contributed by atoms with van der Waals surface area (Å²) in [5, 5.41) is 12.1. The lowest BCUT2D eigenvalue weighted by atomic mass is 10.1. The Kier molecular flexibility index (Phi) is 4.23. The third kappa shape index (κ3) is 3.35. The average Bonchev–Trinajstić information content (AvgIpc) is 2.75. The second-order valence-electron chi connectivity index (χ2n) is 3.72. The lowest BCUT2D eigenvalue weighted by molar-refractivity contribution is 0.299. The number of rotatable bonds is 5. The van der Waals surface area contributed by atoms with Crippen molar-refractivity contribution in [3.05, 3.63) is 52.4 Å². The molecule has 0 aliphatic rings. The molecule has 1 aromatic heterocycles. The molecule has 17 heavy (non-hydrogen) atoms. The molecule has 1 aromatic carbocycles. The molecule has 0 radical (unpaired) electrons. The number of aliphatic hydroxyl groups is 1. The van der Waals surface area contributed by atoms with Crippen molar-refractivity contribution in [1.29, 1.82) is 0 Å². The van der Waals surface area contributed by atoms with Crippen LogP contribution in [0.1, 0.15) is 11.3 Å². The van der Waals surface area contributed by atoms with Crippen LogP contribution < -0.4 is 5.32 Å². The summed E-state index contributed by atoms with van der Waals surface area (Å²) >= 11 is 3.41. The molecule has 0 bridgehead atoms. The number of anilines is 1. The van der Waals surface area contributed by atoms with Crippen molar-refractivity contribution in [3.63, 3.8) is 0 Å². The molecule has 2 rings (SSSR count). The van der Waals surface area contributed by atoms with E-state index in [4.69, 9.17) is 9.52 Å². The van der Waals surface area contributed by atoms with Gasteiger partial charge in [0.1, 0.15) is 5.76 Å². The summed E-state index contributed by atoms with van der Waals surface area (Å²) in [7, 11) is 0. The van der Waals surface area contributed by atoms with E-state index < -0.39 is 0 Å². The fraction of sp³-hybridized carbons (Fsp3) is 0.231. The SMILES string of the molecule is OCCc1ccc(NCc2occc2Br)cc1. The van der Waals surface area contributed by atoms with Gasteiger partial charge in [-0.1, -0.05) is 12.1 Å². The van der Waals surface area contributed by atoms with Crippen LogP contribution in [0.3, 0.4) is 0 Å². The van der Waals surface area contributed by atoms with Crippen LogP contribution in [0.5, 0.6) is 0 Å². The zero-order valence-electron chi connectivity index (χ0n) is 9.32. The van der Waals surface area contributed by atoms with E-state index in [1.54, 1.807) is 6.26 Å². The van der Waals surface area contributed by atoms with Gasteiger partial charge in [-0.2, -0.15) is 0 Å². The van der Waals surface area contributed by atoms with E-state index in [0.717, 1.165) is 21.5 Å². The van der Waals surface area contributed by atoms with Crippen LogP contribution in [-0.4, -0.2) is 11.7 Å². The first-order valence-corrected chi connectivity index (χ1v) is 6.24. The molecule has 0 aliphatic heterocycles. The van der Waals surface area contributed by atoms with Gasteiger partial charge in [0.25, 0.3) is 0 Å². The highest BCUT2D eigenvalue weighted by Gasteiger charge is 2.02. The standard InChI is InChI=1S/C13H14BrNO2/c14-12-6-8-17-13(12)9-15-11-3-1-10(2-4-11)5-7-16/h1-4,6,8,15-16H,5,7,9H2. The van der Waals surface area contributed by atoms with Crippen LogP contribution >= 0.6 is 15.9 Å². The van der Waals surface area contributed by atoms with Crippen molar-refractivity contribution in [2.75, 3.05) is 11.9 Å². The first kappa shape index (κ1) is 12.2. The molecular weight excluding hydrogens is 282 g/mol. The molecule has 0 fully saturated rings. The van der Waals surface area contributed by atoms with E-state index in [1.165, 1.54) is 0 Å². The number of hydrogen-bond donors (Lipinski definition) is 2. The van der Waals surface area contributed by atoms with Crippen molar-refractivity contribution in [1.82, 2.24) is 0 Å². The Bertz CT molecular complexity index is 465. The zero-order valence-corrected chi connectivity index (χ0v) is 10.9. The minimum atomic E-state index is 0.187. The molecule has 0 amide bonds. The summed E-state index contributed by atoms with van der Waals surface area (Å²) in [6.45, 7) is 0.832. The summed E-state index contributed by atoms with van der Waals surface area (Å²) in [6.07, 6.45) is 2.36. The molecule has 0 unspecified atom stereocenters. The van der Waals surface area contributed by atoms with Crippen molar-refractivity contribution >= 4 is 21.6 Å². The molecule has 4 heteroatoms. The fourth-order valence-electron chi connectivity index (χ4n) is 1.55. The summed E-state index contributed by atoms with van der Waals surface area (Å²) in [4.78, 5) is 0. The zero-order chi connectivity index (χ0) is 12.1.